The topological polar surface area (TPSA) is 56.3 Å². The van der Waals surface area contributed by atoms with Crippen LogP contribution in [0.3, 0.4) is 0 Å². The van der Waals surface area contributed by atoms with Gasteiger partial charge in [0.1, 0.15) is 19.0 Å². The van der Waals surface area contributed by atoms with E-state index in [0.29, 0.717) is 13.2 Å². The molecule has 0 fully saturated rings. The predicted octanol–water partition coefficient (Wildman–Crippen LogP) is 3.79. The molecular formula is C20H21N3O2. The van der Waals surface area contributed by atoms with Gasteiger partial charge in [-0.25, -0.2) is 4.98 Å². The number of anilines is 1. The Morgan fingerprint density at radius 2 is 1.76 bits per heavy atom. The van der Waals surface area contributed by atoms with E-state index < -0.39 is 0 Å². The molecule has 0 atom stereocenters. The summed E-state index contributed by atoms with van der Waals surface area (Å²) in [6, 6.07) is 14.0. The number of hydrogen-bond donors (Lipinski definition) is 1. The molecule has 1 aliphatic rings. The van der Waals surface area contributed by atoms with Gasteiger partial charge in [0.05, 0.1) is 17.2 Å². The van der Waals surface area contributed by atoms with Crippen molar-refractivity contribution >= 4 is 16.9 Å². The molecule has 2 heterocycles. The number of fused-ring (bicyclic) bond motifs is 2. The number of benzene rings is 2. The molecule has 0 bridgehead atoms. The Balaban J connectivity index is 1.52. The lowest BCUT2D eigenvalue weighted by molar-refractivity contribution is 0.171. The third-order valence-corrected chi connectivity index (χ3v) is 4.48. The summed E-state index contributed by atoms with van der Waals surface area (Å²) >= 11 is 0. The van der Waals surface area contributed by atoms with E-state index in [-0.39, 0.29) is 5.41 Å². The van der Waals surface area contributed by atoms with Gasteiger partial charge in [0, 0.05) is 12.0 Å². The summed E-state index contributed by atoms with van der Waals surface area (Å²) in [5, 5.41) is 3.41. The maximum Gasteiger partial charge on any atom is 0.161 e. The second kappa shape index (κ2) is 6.24. The molecule has 1 aliphatic heterocycles. The molecule has 0 saturated heterocycles. The number of rotatable bonds is 4. The molecule has 0 aliphatic carbocycles. The second-order valence-electron chi connectivity index (χ2n) is 6.84. The minimum atomic E-state index is -0.0941. The van der Waals surface area contributed by atoms with Crippen molar-refractivity contribution < 1.29 is 9.47 Å². The van der Waals surface area contributed by atoms with Crippen molar-refractivity contribution in [3.8, 4) is 11.5 Å². The van der Waals surface area contributed by atoms with E-state index in [1.54, 1.807) is 6.20 Å². The zero-order valence-corrected chi connectivity index (χ0v) is 14.5. The van der Waals surface area contributed by atoms with Crippen LogP contribution in [0.15, 0.2) is 48.7 Å². The van der Waals surface area contributed by atoms with Crippen molar-refractivity contribution in [1.29, 1.82) is 0 Å². The van der Waals surface area contributed by atoms with Gasteiger partial charge in [-0.2, -0.15) is 0 Å². The smallest absolute Gasteiger partial charge is 0.161 e. The molecule has 4 rings (SSSR count). The van der Waals surface area contributed by atoms with Crippen LogP contribution < -0.4 is 14.8 Å². The van der Waals surface area contributed by atoms with Crippen LogP contribution in [-0.4, -0.2) is 29.7 Å². The molecular weight excluding hydrogens is 314 g/mol. The Morgan fingerprint density at radius 3 is 2.60 bits per heavy atom. The summed E-state index contributed by atoms with van der Waals surface area (Å²) < 4.78 is 11.3. The largest absolute Gasteiger partial charge is 0.486 e. The molecule has 5 heteroatoms. The van der Waals surface area contributed by atoms with Crippen molar-refractivity contribution in [2.45, 2.75) is 19.3 Å². The van der Waals surface area contributed by atoms with Crippen LogP contribution in [-0.2, 0) is 5.41 Å². The highest BCUT2D eigenvalue weighted by Gasteiger charge is 2.23. The predicted molar refractivity (Wildman–Crippen MR) is 98.5 cm³/mol. The minimum absolute atomic E-state index is 0.0941. The molecule has 0 spiro atoms. The van der Waals surface area contributed by atoms with E-state index in [0.717, 1.165) is 34.9 Å². The lowest BCUT2D eigenvalue weighted by atomic mass is 9.84. The molecule has 0 unspecified atom stereocenters. The van der Waals surface area contributed by atoms with Crippen molar-refractivity contribution in [2.75, 3.05) is 25.1 Å². The Bertz CT molecular complexity index is 908. The van der Waals surface area contributed by atoms with E-state index in [4.69, 9.17) is 9.47 Å². The fourth-order valence-corrected chi connectivity index (χ4v) is 2.92. The zero-order chi connectivity index (χ0) is 17.3. The monoisotopic (exact) mass is 335 g/mol. The van der Waals surface area contributed by atoms with Gasteiger partial charge in [0.15, 0.2) is 11.5 Å². The number of ether oxygens (including phenoxy) is 2. The minimum Gasteiger partial charge on any atom is -0.486 e. The Kier molecular flexibility index (Phi) is 3.92. The van der Waals surface area contributed by atoms with E-state index in [9.17, 15) is 0 Å². The van der Waals surface area contributed by atoms with Crippen LogP contribution in [0.2, 0.25) is 0 Å². The number of para-hydroxylation sites is 2. The maximum atomic E-state index is 5.70. The molecule has 5 nitrogen and oxygen atoms in total. The van der Waals surface area contributed by atoms with E-state index >= 15 is 0 Å². The molecule has 0 amide bonds. The average molecular weight is 335 g/mol. The summed E-state index contributed by atoms with van der Waals surface area (Å²) in [5.74, 6) is 2.42. The van der Waals surface area contributed by atoms with Gasteiger partial charge in [-0.1, -0.05) is 32.0 Å². The number of nitrogens with one attached hydrogen (secondary N) is 1. The first-order chi connectivity index (χ1) is 12.1. The Morgan fingerprint density at radius 1 is 1.00 bits per heavy atom. The van der Waals surface area contributed by atoms with Crippen LogP contribution in [0, 0.1) is 0 Å². The normalized spacial score (nSPS) is 13.7. The van der Waals surface area contributed by atoms with Gasteiger partial charge in [0.25, 0.3) is 0 Å². The maximum absolute atomic E-state index is 5.70. The fraction of sp³-hybridized carbons (Fsp3) is 0.300. The van der Waals surface area contributed by atoms with Crippen LogP contribution in [0.4, 0.5) is 5.82 Å². The van der Waals surface area contributed by atoms with Gasteiger partial charge in [-0.05, 0) is 29.8 Å². The number of aromatic nitrogens is 2. The summed E-state index contributed by atoms with van der Waals surface area (Å²) in [6.07, 6.45) is 1.78. The molecule has 1 N–H and O–H groups in total. The van der Waals surface area contributed by atoms with Crippen molar-refractivity contribution in [3.05, 3.63) is 54.2 Å². The molecule has 0 saturated carbocycles. The quantitative estimate of drug-likeness (QED) is 0.786. The summed E-state index contributed by atoms with van der Waals surface area (Å²) in [5.41, 5.74) is 2.89. The second-order valence-corrected chi connectivity index (χ2v) is 6.84. The van der Waals surface area contributed by atoms with E-state index in [1.165, 1.54) is 5.56 Å². The first-order valence-electron chi connectivity index (χ1n) is 8.48. The van der Waals surface area contributed by atoms with Gasteiger partial charge in [-0.3, -0.25) is 4.98 Å². The first kappa shape index (κ1) is 15.7. The third kappa shape index (κ3) is 3.22. The summed E-state index contributed by atoms with van der Waals surface area (Å²) in [7, 11) is 0. The van der Waals surface area contributed by atoms with Crippen LogP contribution in [0.1, 0.15) is 19.4 Å². The van der Waals surface area contributed by atoms with Crippen LogP contribution in [0.25, 0.3) is 11.0 Å². The molecule has 2 aromatic carbocycles. The Hall–Kier alpha value is -2.82. The van der Waals surface area contributed by atoms with Crippen molar-refractivity contribution in [2.24, 2.45) is 0 Å². The van der Waals surface area contributed by atoms with Gasteiger partial charge in [0.2, 0.25) is 0 Å². The fourth-order valence-electron chi connectivity index (χ4n) is 2.92. The highest BCUT2D eigenvalue weighted by Crippen LogP contribution is 2.35. The molecule has 25 heavy (non-hydrogen) atoms. The zero-order valence-electron chi connectivity index (χ0n) is 14.5. The van der Waals surface area contributed by atoms with E-state index in [1.807, 2.05) is 30.3 Å². The summed E-state index contributed by atoms with van der Waals surface area (Å²) in [4.78, 5) is 9.07. The summed E-state index contributed by atoms with van der Waals surface area (Å²) in [6.45, 7) is 6.33. The van der Waals surface area contributed by atoms with E-state index in [2.05, 4.69) is 41.3 Å². The lowest BCUT2D eigenvalue weighted by Gasteiger charge is -2.28. The standard InChI is InChI=1S/C20H21N3O2/c1-20(2,14-7-8-17-18(11-14)25-10-9-24-17)13-22-19-12-21-15-5-3-4-6-16(15)23-19/h3-8,11-12H,9-10,13H2,1-2H3,(H,22,23). The lowest BCUT2D eigenvalue weighted by Crippen LogP contribution is -2.28. The number of hydrogen-bond acceptors (Lipinski definition) is 5. The van der Waals surface area contributed by atoms with Gasteiger partial charge >= 0.3 is 0 Å². The number of nitrogens with zero attached hydrogens (tertiary/aromatic N) is 2. The average Bonchev–Trinajstić information content (AvgIpc) is 2.66. The van der Waals surface area contributed by atoms with Crippen LogP contribution >= 0.6 is 0 Å². The SMILES string of the molecule is CC(C)(CNc1cnc2ccccc2n1)c1ccc2c(c1)OCCO2. The van der Waals surface area contributed by atoms with Crippen LogP contribution in [0.5, 0.6) is 11.5 Å². The molecule has 0 radical (unpaired) electrons. The van der Waals surface area contributed by atoms with Gasteiger partial charge in [-0.15, -0.1) is 0 Å². The first-order valence-corrected chi connectivity index (χ1v) is 8.48. The molecule has 128 valence electrons. The van der Waals surface area contributed by atoms with Gasteiger partial charge < -0.3 is 14.8 Å². The highest BCUT2D eigenvalue weighted by atomic mass is 16.6. The Labute approximate surface area is 147 Å². The third-order valence-electron chi connectivity index (χ3n) is 4.48. The molecule has 3 aromatic rings. The van der Waals surface area contributed by atoms with Crippen molar-refractivity contribution in [3.63, 3.8) is 0 Å². The highest BCUT2D eigenvalue weighted by molar-refractivity contribution is 5.75. The molecule has 1 aromatic heterocycles. The van der Waals surface area contributed by atoms with Crippen molar-refractivity contribution in [1.82, 2.24) is 9.97 Å².